The lowest BCUT2D eigenvalue weighted by molar-refractivity contribution is 0.0954. The Kier molecular flexibility index (Phi) is 4.94. The summed E-state index contributed by atoms with van der Waals surface area (Å²) in [6, 6.07) is 14.0. The van der Waals surface area contributed by atoms with E-state index in [9.17, 15) is 14.7 Å². The Balaban J connectivity index is 1.60. The van der Waals surface area contributed by atoms with E-state index in [2.05, 4.69) is 10.3 Å². The number of hydrogen-bond acceptors (Lipinski definition) is 5. The molecule has 2 N–H and O–H groups in total. The van der Waals surface area contributed by atoms with E-state index in [4.69, 9.17) is 4.74 Å². The molecule has 0 fully saturated rings. The number of nitrogens with zero attached hydrogens (tertiary/aromatic N) is 2. The standard InChI is InChI=1S/C26H21N3O4/c1-3-27-26(32)16-9-7-15(8-10-16)18-11-12-28-25-22(18)17(14-29(25)2)13-21-24(31)23-19(30)5-4-6-20(23)33-21/h4-14,30H,3H2,1-2H3,(H,27,32)/b21-13-. The van der Waals surface area contributed by atoms with E-state index in [1.165, 1.54) is 6.07 Å². The largest absolute Gasteiger partial charge is 0.507 e. The number of phenols is 1. The fourth-order valence-electron chi connectivity index (χ4n) is 4.11. The van der Waals surface area contributed by atoms with Crippen LogP contribution in [0.25, 0.3) is 28.2 Å². The fourth-order valence-corrected chi connectivity index (χ4v) is 4.11. The van der Waals surface area contributed by atoms with Crippen LogP contribution in [0.5, 0.6) is 11.5 Å². The van der Waals surface area contributed by atoms with Crippen LogP contribution in [-0.2, 0) is 7.05 Å². The molecule has 164 valence electrons. The Hall–Kier alpha value is -4.39. The van der Waals surface area contributed by atoms with Crippen LogP contribution in [-0.4, -0.2) is 32.9 Å². The van der Waals surface area contributed by atoms with Crippen molar-refractivity contribution in [3.63, 3.8) is 0 Å². The van der Waals surface area contributed by atoms with Gasteiger partial charge in [0.1, 0.15) is 22.7 Å². The number of carbonyl (C=O) groups excluding carboxylic acids is 2. The highest BCUT2D eigenvalue weighted by Gasteiger charge is 2.30. The minimum Gasteiger partial charge on any atom is -0.507 e. The first-order valence-corrected chi connectivity index (χ1v) is 10.6. The van der Waals surface area contributed by atoms with Gasteiger partial charge in [0.2, 0.25) is 5.78 Å². The van der Waals surface area contributed by atoms with Gasteiger partial charge in [-0.1, -0.05) is 18.2 Å². The summed E-state index contributed by atoms with van der Waals surface area (Å²) in [5.41, 5.74) is 4.10. The van der Waals surface area contributed by atoms with E-state index in [0.717, 1.165) is 27.7 Å². The topological polar surface area (TPSA) is 93.5 Å². The van der Waals surface area contributed by atoms with Gasteiger partial charge in [0, 0.05) is 42.5 Å². The number of Topliss-reactive ketones (excluding diaryl/α,β-unsaturated/α-hetero) is 1. The Morgan fingerprint density at radius 1 is 1.18 bits per heavy atom. The van der Waals surface area contributed by atoms with E-state index < -0.39 is 0 Å². The first-order valence-electron chi connectivity index (χ1n) is 10.6. The molecule has 5 rings (SSSR count). The zero-order chi connectivity index (χ0) is 23.1. The number of ether oxygens (including phenoxy) is 1. The highest BCUT2D eigenvalue weighted by molar-refractivity contribution is 6.17. The third-order valence-electron chi connectivity index (χ3n) is 5.64. The molecule has 1 aliphatic heterocycles. The maximum Gasteiger partial charge on any atom is 0.251 e. The number of hydrogen-bond donors (Lipinski definition) is 2. The molecule has 2 aromatic carbocycles. The number of amides is 1. The zero-order valence-corrected chi connectivity index (χ0v) is 18.1. The third kappa shape index (κ3) is 3.43. The highest BCUT2D eigenvalue weighted by Crippen LogP contribution is 2.39. The predicted molar refractivity (Wildman–Crippen MR) is 125 cm³/mol. The van der Waals surface area contributed by atoms with Crippen molar-refractivity contribution >= 4 is 28.8 Å². The minimum atomic E-state index is -0.364. The number of fused-ring (bicyclic) bond motifs is 2. The second-order valence-corrected chi connectivity index (χ2v) is 7.78. The average Bonchev–Trinajstić information content (AvgIpc) is 3.31. The van der Waals surface area contributed by atoms with E-state index in [1.54, 1.807) is 36.5 Å². The fraction of sp³-hybridized carbons (Fsp3) is 0.115. The maximum absolute atomic E-state index is 12.9. The lowest BCUT2D eigenvalue weighted by Gasteiger charge is -2.07. The molecule has 0 bridgehead atoms. The summed E-state index contributed by atoms with van der Waals surface area (Å²) in [6.45, 7) is 2.44. The predicted octanol–water partition coefficient (Wildman–Crippen LogP) is 4.31. The molecule has 0 unspecified atom stereocenters. The second kappa shape index (κ2) is 7.94. The van der Waals surface area contributed by atoms with Gasteiger partial charge in [-0.05, 0) is 54.5 Å². The first-order chi connectivity index (χ1) is 16.0. The van der Waals surface area contributed by atoms with Crippen LogP contribution in [0.3, 0.4) is 0 Å². The van der Waals surface area contributed by atoms with Crippen LogP contribution in [0.4, 0.5) is 0 Å². The van der Waals surface area contributed by atoms with E-state index in [1.807, 2.05) is 42.9 Å². The summed E-state index contributed by atoms with van der Waals surface area (Å²) >= 11 is 0. The number of phenolic OH excluding ortho intramolecular Hbond substituents is 1. The van der Waals surface area contributed by atoms with Crippen molar-refractivity contribution in [2.75, 3.05) is 6.54 Å². The second-order valence-electron chi connectivity index (χ2n) is 7.78. The highest BCUT2D eigenvalue weighted by atomic mass is 16.5. The molecule has 7 heteroatoms. The molecule has 0 atom stereocenters. The summed E-state index contributed by atoms with van der Waals surface area (Å²) in [7, 11) is 1.89. The molecular formula is C26H21N3O4. The molecule has 0 radical (unpaired) electrons. The van der Waals surface area contributed by atoms with Crippen molar-refractivity contribution in [1.82, 2.24) is 14.9 Å². The smallest absolute Gasteiger partial charge is 0.251 e. The first kappa shape index (κ1) is 20.5. The molecule has 2 aromatic heterocycles. The van der Waals surface area contributed by atoms with Gasteiger partial charge in [0.25, 0.3) is 5.91 Å². The number of nitrogens with one attached hydrogen (secondary N) is 1. The van der Waals surface area contributed by atoms with Gasteiger partial charge in [-0.15, -0.1) is 0 Å². The monoisotopic (exact) mass is 439 g/mol. The molecule has 0 spiro atoms. The van der Waals surface area contributed by atoms with Crippen LogP contribution in [0, 0.1) is 0 Å². The van der Waals surface area contributed by atoms with E-state index >= 15 is 0 Å². The van der Waals surface area contributed by atoms with Crippen molar-refractivity contribution in [3.8, 4) is 22.6 Å². The van der Waals surface area contributed by atoms with Gasteiger partial charge in [0.15, 0.2) is 5.76 Å². The molecular weight excluding hydrogens is 418 g/mol. The number of carbonyl (C=O) groups is 2. The SMILES string of the molecule is CCNC(=O)c1ccc(-c2ccnc3c2c(/C=C2\Oc4cccc(O)c4C2=O)cn3C)cc1. The van der Waals surface area contributed by atoms with E-state index in [0.29, 0.717) is 17.9 Å². The quantitative estimate of drug-likeness (QED) is 0.462. The molecule has 4 aromatic rings. The van der Waals surface area contributed by atoms with Gasteiger partial charge >= 0.3 is 0 Å². The van der Waals surface area contributed by atoms with Crippen molar-refractivity contribution in [2.24, 2.45) is 7.05 Å². The maximum atomic E-state index is 12.9. The summed E-state index contributed by atoms with van der Waals surface area (Å²) < 4.78 is 7.64. The summed E-state index contributed by atoms with van der Waals surface area (Å²) in [5.74, 6) is -0.106. The Labute approximate surface area is 190 Å². The van der Waals surface area contributed by atoms with Gasteiger partial charge in [0.05, 0.1) is 0 Å². The average molecular weight is 439 g/mol. The molecule has 0 saturated carbocycles. The van der Waals surface area contributed by atoms with Crippen LogP contribution < -0.4 is 10.1 Å². The van der Waals surface area contributed by atoms with Gasteiger partial charge < -0.3 is 19.7 Å². The Morgan fingerprint density at radius 3 is 2.70 bits per heavy atom. The number of allylic oxidation sites excluding steroid dienone is 1. The molecule has 1 aliphatic rings. The Bertz CT molecular complexity index is 1450. The number of aryl methyl sites for hydroxylation is 1. The number of aromatic hydroxyl groups is 1. The molecule has 7 nitrogen and oxygen atoms in total. The molecule has 3 heterocycles. The molecule has 1 amide bonds. The van der Waals surface area contributed by atoms with Crippen LogP contribution in [0.15, 0.2) is 66.7 Å². The molecule has 0 aliphatic carbocycles. The van der Waals surface area contributed by atoms with Gasteiger partial charge in [-0.25, -0.2) is 4.98 Å². The van der Waals surface area contributed by atoms with Gasteiger partial charge in [-0.3, -0.25) is 9.59 Å². The number of benzene rings is 2. The lowest BCUT2D eigenvalue weighted by atomic mass is 9.99. The molecule has 33 heavy (non-hydrogen) atoms. The van der Waals surface area contributed by atoms with Crippen LogP contribution in [0.1, 0.15) is 33.2 Å². The van der Waals surface area contributed by atoms with Crippen LogP contribution >= 0.6 is 0 Å². The normalized spacial score (nSPS) is 13.9. The Morgan fingerprint density at radius 2 is 1.97 bits per heavy atom. The number of pyridine rings is 1. The third-order valence-corrected chi connectivity index (χ3v) is 5.64. The summed E-state index contributed by atoms with van der Waals surface area (Å²) in [4.78, 5) is 29.5. The van der Waals surface area contributed by atoms with Gasteiger partial charge in [-0.2, -0.15) is 0 Å². The lowest BCUT2D eigenvalue weighted by Crippen LogP contribution is -2.22. The summed E-state index contributed by atoms with van der Waals surface area (Å²) in [5, 5.41) is 13.7. The van der Waals surface area contributed by atoms with Crippen molar-refractivity contribution in [2.45, 2.75) is 6.92 Å². The van der Waals surface area contributed by atoms with Crippen molar-refractivity contribution in [3.05, 3.63) is 83.4 Å². The number of aromatic nitrogens is 2. The summed E-state index contributed by atoms with van der Waals surface area (Å²) in [6.07, 6.45) is 5.30. The van der Waals surface area contributed by atoms with Crippen LogP contribution in [0.2, 0.25) is 0 Å². The minimum absolute atomic E-state index is 0.103. The van der Waals surface area contributed by atoms with E-state index in [-0.39, 0.29) is 28.8 Å². The number of ketones is 1. The van der Waals surface area contributed by atoms with Crippen molar-refractivity contribution < 1.29 is 19.4 Å². The number of rotatable bonds is 4. The molecule has 0 saturated heterocycles. The zero-order valence-electron chi connectivity index (χ0n) is 18.1. The van der Waals surface area contributed by atoms with Crippen molar-refractivity contribution in [1.29, 1.82) is 0 Å².